The molecule has 0 radical (unpaired) electrons. The van der Waals surface area contributed by atoms with E-state index in [2.05, 4.69) is 36.3 Å². The van der Waals surface area contributed by atoms with E-state index >= 15 is 0 Å². The van der Waals surface area contributed by atoms with E-state index in [1.54, 1.807) is 0 Å². The first-order chi connectivity index (χ1) is 9.20. The van der Waals surface area contributed by atoms with E-state index in [9.17, 15) is 5.11 Å². The molecular formula is C16H22N2O. The van der Waals surface area contributed by atoms with Gasteiger partial charge < -0.3 is 5.11 Å². The molecule has 102 valence electrons. The van der Waals surface area contributed by atoms with Gasteiger partial charge in [-0.05, 0) is 49.3 Å². The Balaban J connectivity index is 1.94. The topological polar surface area (TPSA) is 38.1 Å². The highest BCUT2D eigenvalue weighted by molar-refractivity contribution is 5.25. The zero-order valence-corrected chi connectivity index (χ0v) is 11.7. The Morgan fingerprint density at radius 1 is 1.26 bits per heavy atom. The van der Waals surface area contributed by atoms with Gasteiger partial charge in [-0.15, -0.1) is 0 Å². The molecule has 3 nitrogen and oxygen atoms in total. The number of benzene rings is 1. The second-order valence-corrected chi connectivity index (χ2v) is 5.16. The number of rotatable bonds is 6. The fourth-order valence-corrected chi connectivity index (χ4v) is 2.41. The molecule has 2 aromatic rings. The number of aliphatic hydroxyl groups excluding tert-OH is 1. The first kappa shape index (κ1) is 13.8. The van der Waals surface area contributed by atoms with Crippen molar-refractivity contribution in [3.8, 4) is 0 Å². The number of aryl methyl sites for hydroxylation is 3. The zero-order chi connectivity index (χ0) is 13.7. The lowest BCUT2D eigenvalue weighted by molar-refractivity contribution is 0.217. The fourth-order valence-electron chi connectivity index (χ4n) is 2.41. The minimum Gasteiger partial charge on any atom is -0.396 e. The maximum Gasteiger partial charge on any atom is 0.0492 e. The monoisotopic (exact) mass is 258 g/mol. The lowest BCUT2D eigenvalue weighted by Gasteiger charge is -2.15. The summed E-state index contributed by atoms with van der Waals surface area (Å²) in [5.41, 5.74) is 3.87. The summed E-state index contributed by atoms with van der Waals surface area (Å²) in [6.45, 7) is 2.37. The third-order valence-electron chi connectivity index (χ3n) is 3.76. The van der Waals surface area contributed by atoms with Crippen molar-refractivity contribution in [2.45, 2.75) is 26.2 Å². The fraction of sp³-hybridized carbons (Fsp3) is 0.438. The molecule has 1 aromatic carbocycles. The second kappa shape index (κ2) is 6.53. The van der Waals surface area contributed by atoms with Crippen molar-refractivity contribution in [2.24, 2.45) is 13.0 Å². The van der Waals surface area contributed by atoms with Gasteiger partial charge in [-0.3, -0.25) is 4.68 Å². The summed E-state index contributed by atoms with van der Waals surface area (Å²) >= 11 is 0. The molecule has 19 heavy (non-hydrogen) atoms. The average Bonchev–Trinajstić information content (AvgIpc) is 2.82. The van der Waals surface area contributed by atoms with E-state index in [4.69, 9.17) is 0 Å². The lowest BCUT2D eigenvalue weighted by atomic mass is 9.92. The predicted octanol–water partition coefficient (Wildman–Crippen LogP) is 2.51. The van der Waals surface area contributed by atoms with E-state index in [0.29, 0.717) is 5.92 Å². The molecule has 0 aliphatic heterocycles. The van der Waals surface area contributed by atoms with Crippen LogP contribution in [0.25, 0.3) is 0 Å². The predicted molar refractivity (Wildman–Crippen MR) is 77.0 cm³/mol. The van der Waals surface area contributed by atoms with E-state index in [1.807, 2.05) is 24.0 Å². The van der Waals surface area contributed by atoms with Crippen LogP contribution in [0.5, 0.6) is 0 Å². The smallest absolute Gasteiger partial charge is 0.0492 e. The van der Waals surface area contributed by atoms with E-state index in [-0.39, 0.29) is 6.61 Å². The van der Waals surface area contributed by atoms with Crippen LogP contribution in [0.1, 0.15) is 23.2 Å². The molecule has 1 N–H and O–H groups in total. The molecule has 0 aliphatic carbocycles. The van der Waals surface area contributed by atoms with Crippen molar-refractivity contribution in [3.05, 3.63) is 53.3 Å². The van der Waals surface area contributed by atoms with Gasteiger partial charge in [0.2, 0.25) is 0 Å². The first-order valence-corrected chi connectivity index (χ1v) is 6.83. The van der Waals surface area contributed by atoms with E-state index in [1.165, 1.54) is 16.8 Å². The molecular weight excluding hydrogens is 236 g/mol. The summed E-state index contributed by atoms with van der Waals surface area (Å²) in [4.78, 5) is 0. The summed E-state index contributed by atoms with van der Waals surface area (Å²) in [5, 5.41) is 13.7. The molecule has 0 amide bonds. The van der Waals surface area contributed by atoms with Crippen molar-refractivity contribution in [2.75, 3.05) is 6.61 Å². The van der Waals surface area contributed by atoms with Gasteiger partial charge in [0.15, 0.2) is 0 Å². The van der Waals surface area contributed by atoms with Crippen LogP contribution < -0.4 is 0 Å². The van der Waals surface area contributed by atoms with Gasteiger partial charge in [0.25, 0.3) is 0 Å². The third kappa shape index (κ3) is 3.67. The van der Waals surface area contributed by atoms with E-state index in [0.717, 1.165) is 19.3 Å². The van der Waals surface area contributed by atoms with Gasteiger partial charge in [0, 0.05) is 25.5 Å². The highest BCUT2D eigenvalue weighted by Crippen LogP contribution is 2.17. The first-order valence-electron chi connectivity index (χ1n) is 6.83. The zero-order valence-electron chi connectivity index (χ0n) is 11.7. The van der Waals surface area contributed by atoms with Crippen LogP contribution in [0.2, 0.25) is 0 Å². The van der Waals surface area contributed by atoms with Gasteiger partial charge in [0.05, 0.1) is 0 Å². The summed E-state index contributed by atoms with van der Waals surface area (Å²) in [5.74, 6) is 0.316. The van der Waals surface area contributed by atoms with Gasteiger partial charge in [0.1, 0.15) is 0 Å². The van der Waals surface area contributed by atoms with Crippen molar-refractivity contribution in [1.29, 1.82) is 0 Å². The Kier molecular flexibility index (Phi) is 4.74. The van der Waals surface area contributed by atoms with Gasteiger partial charge >= 0.3 is 0 Å². The standard InChI is InChI=1S/C16H22N2O/c1-13-5-3-4-6-15(13)11-14(12-19)7-8-16-9-10-17-18(16)2/h3-6,9-10,14,19H,7-8,11-12H2,1-2H3. The Morgan fingerprint density at radius 2 is 2.05 bits per heavy atom. The average molecular weight is 258 g/mol. The highest BCUT2D eigenvalue weighted by atomic mass is 16.3. The molecule has 3 heteroatoms. The van der Waals surface area contributed by atoms with Crippen molar-refractivity contribution < 1.29 is 5.11 Å². The lowest BCUT2D eigenvalue weighted by Crippen LogP contribution is -2.12. The molecule has 0 aliphatic rings. The summed E-state index contributed by atoms with van der Waals surface area (Å²) in [7, 11) is 1.96. The third-order valence-corrected chi connectivity index (χ3v) is 3.76. The molecule has 1 unspecified atom stereocenters. The minimum atomic E-state index is 0.242. The van der Waals surface area contributed by atoms with Crippen LogP contribution in [-0.2, 0) is 19.9 Å². The normalized spacial score (nSPS) is 12.6. The number of nitrogens with zero attached hydrogens (tertiary/aromatic N) is 2. The number of aliphatic hydroxyl groups is 1. The molecule has 0 saturated heterocycles. The van der Waals surface area contributed by atoms with Crippen LogP contribution in [0, 0.1) is 12.8 Å². The maximum absolute atomic E-state index is 9.55. The van der Waals surface area contributed by atoms with E-state index < -0.39 is 0 Å². The van der Waals surface area contributed by atoms with Crippen LogP contribution in [0.3, 0.4) is 0 Å². The molecule has 1 aromatic heterocycles. The van der Waals surface area contributed by atoms with Crippen LogP contribution in [-0.4, -0.2) is 21.5 Å². The van der Waals surface area contributed by atoms with Crippen LogP contribution >= 0.6 is 0 Å². The largest absolute Gasteiger partial charge is 0.396 e. The Bertz CT molecular complexity index is 519. The summed E-state index contributed by atoms with van der Waals surface area (Å²) < 4.78 is 1.90. The second-order valence-electron chi connectivity index (χ2n) is 5.16. The van der Waals surface area contributed by atoms with Crippen molar-refractivity contribution in [1.82, 2.24) is 9.78 Å². The SMILES string of the molecule is Cc1ccccc1CC(CO)CCc1ccnn1C. The molecule has 0 saturated carbocycles. The van der Waals surface area contributed by atoms with Crippen LogP contribution in [0.15, 0.2) is 36.5 Å². The minimum absolute atomic E-state index is 0.242. The van der Waals surface area contributed by atoms with Gasteiger partial charge in [-0.1, -0.05) is 24.3 Å². The molecule has 0 fully saturated rings. The van der Waals surface area contributed by atoms with Crippen LogP contribution in [0.4, 0.5) is 0 Å². The molecule has 1 heterocycles. The molecule has 2 rings (SSSR count). The Labute approximate surface area is 114 Å². The summed E-state index contributed by atoms with van der Waals surface area (Å²) in [6.07, 6.45) is 4.73. The quantitative estimate of drug-likeness (QED) is 0.864. The van der Waals surface area contributed by atoms with Gasteiger partial charge in [-0.2, -0.15) is 5.10 Å². The van der Waals surface area contributed by atoms with Crippen molar-refractivity contribution in [3.63, 3.8) is 0 Å². The molecule has 1 atom stereocenters. The Morgan fingerprint density at radius 3 is 2.68 bits per heavy atom. The highest BCUT2D eigenvalue weighted by Gasteiger charge is 2.11. The number of aromatic nitrogens is 2. The molecule has 0 spiro atoms. The number of hydrogen-bond donors (Lipinski definition) is 1. The Hall–Kier alpha value is -1.61. The van der Waals surface area contributed by atoms with Gasteiger partial charge in [-0.25, -0.2) is 0 Å². The molecule has 0 bridgehead atoms. The number of hydrogen-bond acceptors (Lipinski definition) is 2. The maximum atomic E-state index is 9.55. The summed E-state index contributed by atoms with van der Waals surface area (Å²) in [6, 6.07) is 10.5. The van der Waals surface area contributed by atoms with Crippen molar-refractivity contribution >= 4 is 0 Å².